The topological polar surface area (TPSA) is 138 Å². The summed E-state index contributed by atoms with van der Waals surface area (Å²) in [7, 11) is 0. The molecule has 1 aromatic heterocycles. The molecule has 52 heavy (non-hydrogen) atoms. The minimum atomic E-state index is -1.09. The smallest absolute Gasteiger partial charge is 0.412 e. The average Bonchev–Trinajstić information content (AvgIpc) is 3.15. The number of amides is 1. The van der Waals surface area contributed by atoms with Crippen molar-refractivity contribution in [2.75, 3.05) is 44.2 Å². The fourth-order valence-corrected chi connectivity index (χ4v) is 8.08. The summed E-state index contributed by atoms with van der Waals surface area (Å²) in [6.07, 6.45) is 7.72. The minimum absolute atomic E-state index is 0.0203. The normalized spacial score (nSPS) is 19.4. The molecule has 3 fully saturated rings. The molecule has 2 bridgehead atoms. The quantitative estimate of drug-likeness (QED) is 0.0674. The Balaban J connectivity index is 0.918. The Morgan fingerprint density at radius 2 is 1.71 bits per heavy atom. The zero-order valence-electron chi connectivity index (χ0n) is 29.7. The van der Waals surface area contributed by atoms with Crippen molar-refractivity contribution in [3.63, 3.8) is 0 Å². The van der Waals surface area contributed by atoms with E-state index in [2.05, 4.69) is 15.2 Å². The van der Waals surface area contributed by atoms with Crippen molar-refractivity contribution in [1.82, 2.24) is 15.2 Å². The Morgan fingerprint density at radius 3 is 2.44 bits per heavy atom. The molecule has 3 aromatic carbocycles. The molecular weight excluding hydrogens is 663 g/mol. The first-order valence-corrected chi connectivity index (χ1v) is 18.7. The van der Waals surface area contributed by atoms with Gasteiger partial charge in [-0.1, -0.05) is 56.4 Å². The Bertz CT molecular complexity index is 1840. The average molecular weight is 715 g/mol. The SMILES string of the molecule is O=C(O)N(c1cccc(F)c1)[C@@H](c1cccc(OCCCCCCCCCNC[C@H](O)c2ccc(O)c3[nH]c(=O)ccc23)c1)C1CN2CCC1CC2. The number of carboxylic acid groups (broad SMARTS) is 1. The fourth-order valence-electron chi connectivity index (χ4n) is 8.08. The maximum absolute atomic E-state index is 14.3. The number of ether oxygens (including phenoxy) is 1. The lowest BCUT2D eigenvalue weighted by atomic mass is 9.73. The van der Waals surface area contributed by atoms with Gasteiger partial charge < -0.3 is 35.3 Å². The monoisotopic (exact) mass is 714 g/mol. The lowest BCUT2D eigenvalue weighted by Crippen LogP contribution is -2.53. The first-order valence-electron chi connectivity index (χ1n) is 18.7. The number of aliphatic hydroxyl groups is 1. The van der Waals surface area contributed by atoms with Gasteiger partial charge in [-0.05, 0) is 111 Å². The van der Waals surface area contributed by atoms with E-state index in [0.717, 1.165) is 95.3 Å². The molecule has 278 valence electrons. The van der Waals surface area contributed by atoms with Gasteiger partial charge in [-0.3, -0.25) is 9.69 Å². The fraction of sp³-hybridized carbons (Fsp3) is 0.463. The Kier molecular flexibility index (Phi) is 12.8. The summed E-state index contributed by atoms with van der Waals surface area (Å²) in [6.45, 7) is 4.66. The molecule has 4 heterocycles. The van der Waals surface area contributed by atoms with Gasteiger partial charge in [-0.2, -0.15) is 0 Å². The second kappa shape index (κ2) is 17.9. The number of nitrogens with one attached hydrogen (secondary N) is 2. The van der Waals surface area contributed by atoms with Gasteiger partial charge in [0.1, 0.15) is 17.3 Å². The highest BCUT2D eigenvalue weighted by atomic mass is 19.1. The largest absolute Gasteiger partial charge is 0.506 e. The standard InChI is InChI=1S/C41H51FN4O6/c42-30-11-9-12-31(25-30)46(41(50)51)40(35-27-45-21-18-28(35)19-22-45)29-10-8-13-32(24-29)52-23-7-5-3-1-2-4-6-20-43-26-37(48)33-14-16-36(47)39-34(33)15-17-38(49)44-39/h8-17,24-25,28,35,37,40,43,47-48H,1-7,18-23,26-27H2,(H,44,49)(H,50,51)/t35?,37-,40-/m0/s1. The summed E-state index contributed by atoms with van der Waals surface area (Å²) in [5.41, 5.74) is 1.91. The number of aromatic nitrogens is 1. The van der Waals surface area contributed by atoms with Crippen LogP contribution in [0.25, 0.3) is 10.9 Å². The number of fused-ring (bicyclic) bond motifs is 4. The van der Waals surface area contributed by atoms with Crippen LogP contribution in [0.1, 0.15) is 81.1 Å². The molecule has 3 saturated heterocycles. The molecule has 4 aromatic rings. The van der Waals surface area contributed by atoms with Crippen molar-refractivity contribution in [1.29, 1.82) is 0 Å². The first kappa shape index (κ1) is 37.3. The number of benzene rings is 3. The highest BCUT2D eigenvalue weighted by Gasteiger charge is 2.43. The number of halogens is 1. The number of rotatable bonds is 18. The van der Waals surface area contributed by atoms with Gasteiger partial charge >= 0.3 is 6.09 Å². The van der Waals surface area contributed by atoms with Crippen molar-refractivity contribution in [3.8, 4) is 11.5 Å². The highest BCUT2D eigenvalue weighted by Crippen LogP contribution is 2.45. The van der Waals surface area contributed by atoms with Gasteiger partial charge in [-0.15, -0.1) is 0 Å². The molecule has 0 aliphatic carbocycles. The van der Waals surface area contributed by atoms with Crippen LogP contribution in [-0.4, -0.2) is 70.6 Å². The van der Waals surface area contributed by atoms with Crippen LogP contribution in [0.5, 0.6) is 11.5 Å². The van der Waals surface area contributed by atoms with Gasteiger partial charge in [0.2, 0.25) is 5.56 Å². The number of unbranched alkanes of at least 4 members (excludes halogenated alkanes) is 6. The number of carbonyl (C=O) groups is 1. The maximum Gasteiger partial charge on any atom is 0.412 e. The predicted molar refractivity (Wildman–Crippen MR) is 201 cm³/mol. The second-order valence-corrected chi connectivity index (χ2v) is 14.3. The summed E-state index contributed by atoms with van der Waals surface area (Å²) >= 11 is 0. The summed E-state index contributed by atoms with van der Waals surface area (Å²) in [6, 6.07) is 19.4. The molecular formula is C41H51FN4O6. The van der Waals surface area contributed by atoms with Gasteiger partial charge in [0, 0.05) is 24.5 Å². The molecule has 3 atom stereocenters. The summed E-state index contributed by atoms with van der Waals surface area (Å²) in [5.74, 6) is 0.749. The first-order chi connectivity index (χ1) is 25.3. The number of aromatic hydroxyl groups is 1. The zero-order chi connectivity index (χ0) is 36.5. The van der Waals surface area contributed by atoms with Crippen LogP contribution in [0.2, 0.25) is 0 Å². The summed E-state index contributed by atoms with van der Waals surface area (Å²) in [5, 5.41) is 35.2. The van der Waals surface area contributed by atoms with Crippen LogP contribution in [0.4, 0.5) is 14.9 Å². The zero-order valence-corrected chi connectivity index (χ0v) is 29.7. The molecule has 11 heteroatoms. The van der Waals surface area contributed by atoms with Gasteiger partial charge in [-0.25, -0.2) is 9.18 Å². The minimum Gasteiger partial charge on any atom is -0.506 e. The molecule has 3 aliphatic rings. The maximum atomic E-state index is 14.3. The van der Waals surface area contributed by atoms with E-state index in [0.29, 0.717) is 41.2 Å². The van der Waals surface area contributed by atoms with Crippen molar-refractivity contribution >= 4 is 22.7 Å². The number of pyridine rings is 1. The Morgan fingerprint density at radius 1 is 0.962 bits per heavy atom. The van der Waals surface area contributed by atoms with Crippen molar-refractivity contribution in [2.45, 2.75) is 69.9 Å². The lowest BCUT2D eigenvalue weighted by molar-refractivity contribution is 0.0358. The van der Waals surface area contributed by atoms with E-state index in [1.54, 1.807) is 24.3 Å². The van der Waals surface area contributed by atoms with Gasteiger partial charge in [0.15, 0.2) is 0 Å². The Labute approximate surface area is 304 Å². The van der Waals surface area contributed by atoms with E-state index in [-0.39, 0.29) is 17.2 Å². The number of phenols is 1. The number of phenolic OH excluding ortho intramolecular Hbond substituents is 1. The van der Waals surface area contributed by atoms with Crippen molar-refractivity contribution in [3.05, 3.63) is 100 Å². The van der Waals surface area contributed by atoms with Crippen molar-refractivity contribution < 1.29 is 29.2 Å². The second-order valence-electron chi connectivity index (χ2n) is 14.3. The summed E-state index contributed by atoms with van der Waals surface area (Å²) < 4.78 is 20.5. The number of H-pyrrole nitrogens is 1. The lowest BCUT2D eigenvalue weighted by Gasteiger charge is -2.49. The van der Waals surface area contributed by atoms with Crippen LogP contribution in [0.3, 0.4) is 0 Å². The van der Waals surface area contributed by atoms with Gasteiger partial charge in [0.05, 0.1) is 30.0 Å². The van der Waals surface area contributed by atoms with Crippen LogP contribution < -0.4 is 20.5 Å². The number of nitrogens with zero attached hydrogens (tertiary/aromatic N) is 2. The highest BCUT2D eigenvalue weighted by molar-refractivity contribution is 5.88. The molecule has 1 unspecified atom stereocenters. The van der Waals surface area contributed by atoms with E-state index < -0.39 is 24.1 Å². The molecule has 3 aliphatic heterocycles. The number of aliphatic hydroxyl groups excluding tert-OH is 1. The van der Waals surface area contributed by atoms with Crippen LogP contribution in [0, 0.1) is 17.7 Å². The predicted octanol–water partition coefficient (Wildman–Crippen LogP) is 7.37. The third-order valence-corrected chi connectivity index (χ3v) is 10.8. The molecule has 0 saturated carbocycles. The molecule has 1 amide bonds. The number of hydrogen-bond donors (Lipinski definition) is 5. The van der Waals surface area contributed by atoms with E-state index in [9.17, 15) is 29.3 Å². The van der Waals surface area contributed by atoms with Crippen molar-refractivity contribution in [2.24, 2.45) is 11.8 Å². The molecule has 7 rings (SSSR count). The third kappa shape index (κ3) is 9.31. The van der Waals surface area contributed by atoms with Crippen LogP contribution in [-0.2, 0) is 0 Å². The summed E-state index contributed by atoms with van der Waals surface area (Å²) in [4.78, 5) is 30.9. The Hall–Kier alpha value is -4.45. The molecule has 10 nitrogen and oxygen atoms in total. The molecule has 5 N–H and O–H groups in total. The van der Waals surface area contributed by atoms with E-state index in [4.69, 9.17) is 4.74 Å². The number of aromatic amines is 1. The molecule has 0 spiro atoms. The number of hydrogen-bond acceptors (Lipinski definition) is 7. The van der Waals surface area contributed by atoms with E-state index >= 15 is 0 Å². The van der Waals surface area contributed by atoms with Crippen LogP contribution >= 0.6 is 0 Å². The van der Waals surface area contributed by atoms with E-state index in [1.807, 2.05) is 24.3 Å². The number of piperidine rings is 3. The van der Waals surface area contributed by atoms with Crippen LogP contribution in [0.15, 0.2) is 77.6 Å². The number of anilines is 1. The third-order valence-electron chi connectivity index (χ3n) is 10.8. The molecule has 0 radical (unpaired) electrons. The van der Waals surface area contributed by atoms with E-state index in [1.165, 1.54) is 29.2 Å². The van der Waals surface area contributed by atoms with Gasteiger partial charge in [0.25, 0.3) is 0 Å².